The maximum absolute atomic E-state index is 12.7. The van der Waals surface area contributed by atoms with Crippen LogP contribution in [0.15, 0.2) is 48.5 Å². The average Bonchev–Trinajstić information content (AvgIpc) is 2.59. The minimum atomic E-state index is -0.179. The van der Waals surface area contributed by atoms with Gasteiger partial charge in [0.05, 0.1) is 14.2 Å². The van der Waals surface area contributed by atoms with Crippen molar-refractivity contribution in [2.24, 2.45) is 5.92 Å². The zero-order valence-corrected chi connectivity index (χ0v) is 14.6. The molecule has 2 aromatic carbocycles. The van der Waals surface area contributed by atoms with Gasteiger partial charge in [-0.15, -0.1) is 0 Å². The van der Waals surface area contributed by atoms with Gasteiger partial charge in [-0.2, -0.15) is 0 Å². The number of amides is 2. The Bertz CT molecular complexity index is 672. The highest BCUT2D eigenvalue weighted by atomic mass is 16.5. The molecular formula is C19H24N2O3. The number of methoxy groups -OCH3 is 2. The molecule has 24 heavy (non-hydrogen) atoms. The number of para-hydroxylation sites is 1. The number of carbonyl (C=O) groups excluding carboxylic acids is 1. The van der Waals surface area contributed by atoms with Gasteiger partial charge in [0.2, 0.25) is 0 Å². The molecule has 0 atom stereocenters. The van der Waals surface area contributed by atoms with E-state index in [4.69, 9.17) is 9.47 Å². The van der Waals surface area contributed by atoms with Gasteiger partial charge in [0.1, 0.15) is 0 Å². The molecule has 2 amide bonds. The molecular weight excluding hydrogens is 304 g/mol. The second kappa shape index (κ2) is 8.24. The summed E-state index contributed by atoms with van der Waals surface area (Å²) >= 11 is 0. The van der Waals surface area contributed by atoms with E-state index in [-0.39, 0.29) is 6.03 Å². The summed E-state index contributed by atoms with van der Waals surface area (Å²) in [4.78, 5) is 14.5. The van der Waals surface area contributed by atoms with Gasteiger partial charge in [0.15, 0.2) is 11.5 Å². The van der Waals surface area contributed by atoms with Gasteiger partial charge in [-0.1, -0.05) is 32.0 Å². The predicted molar refractivity (Wildman–Crippen MR) is 97.2 cm³/mol. The molecule has 0 fully saturated rings. The van der Waals surface area contributed by atoms with Crippen LogP contribution in [0.3, 0.4) is 0 Å². The lowest BCUT2D eigenvalue weighted by Gasteiger charge is -2.25. The summed E-state index contributed by atoms with van der Waals surface area (Å²) in [6, 6.07) is 14.7. The first-order chi connectivity index (χ1) is 11.5. The van der Waals surface area contributed by atoms with Crippen LogP contribution < -0.4 is 19.7 Å². The van der Waals surface area contributed by atoms with E-state index in [1.165, 1.54) is 0 Å². The Morgan fingerprint density at radius 3 is 2.29 bits per heavy atom. The summed E-state index contributed by atoms with van der Waals surface area (Å²) in [7, 11) is 3.17. The van der Waals surface area contributed by atoms with Gasteiger partial charge >= 0.3 is 6.03 Å². The van der Waals surface area contributed by atoms with Gasteiger partial charge in [-0.3, -0.25) is 4.90 Å². The molecule has 0 unspecified atom stereocenters. The van der Waals surface area contributed by atoms with E-state index in [0.717, 1.165) is 11.4 Å². The van der Waals surface area contributed by atoms with Crippen LogP contribution in [-0.2, 0) is 0 Å². The highest BCUT2D eigenvalue weighted by Gasteiger charge is 2.19. The van der Waals surface area contributed by atoms with Crippen molar-refractivity contribution in [1.29, 1.82) is 0 Å². The van der Waals surface area contributed by atoms with Crippen molar-refractivity contribution in [1.82, 2.24) is 0 Å². The van der Waals surface area contributed by atoms with Crippen LogP contribution in [0.2, 0.25) is 0 Å². The standard InChI is InChI=1S/C19H24N2O3/c1-14(2)13-21(19(22)20-15-8-6-5-7-9-15)16-10-11-17(23-3)18(12-16)24-4/h5-12,14H,13H2,1-4H3,(H,20,22). The number of rotatable bonds is 6. The molecule has 0 spiro atoms. The maximum atomic E-state index is 12.7. The largest absolute Gasteiger partial charge is 0.493 e. The fourth-order valence-corrected chi connectivity index (χ4v) is 2.38. The van der Waals surface area contributed by atoms with Crippen molar-refractivity contribution < 1.29 is 14.3 Å². The second-order valence-electron chi connectivity index (χ2n) is 5.84. The normalized spacial score (nSPS) is 10.4. The van der Waals surface area contributed by atoms with Crippen LogP contribution >= 0.6 is 0 Å². The fraction of sp³-hybridized carbons (Fsp3) is 0.316. The van der Waals surface area contributed by atoms with Crippen LogP contribution in [0.1, 0.15) is 13.8 Å². The third kappa shape index (κ3) is 4.41. The summed E-state index contributed by atoms with van der Waals surface area (Å²) in [6.45, 7) is 4.74. The lowest BCUT2D eigenvalue weighted by atomic mass is 10.2. The second-order valence-corrected chi connectivity index (χ2v) is 5.84. The number of hydrogen-bond acceptors (Lipinski definition) is 3. The van der Waals surface area contributed by atoms with E-state index in [1.54, 1.807) is 25.2 Å². The molecule has 2 rings (SSSR count). The van der Waals surface area contributed by atoms with Gasteiger partial charge < -0.3 is 14.8 Å². The molecule has 0 aliphatic rings. The minimum absolute atomic E-state index is 0.179. The number of carbonyl (C=O) groups is 1. The van der Waals surface area contributed by atoms with Crippen molar-refractivity contribution in [2.75, 3.05) is 31.0 Å². The van der Waals surface area contributed by atoms with E-state index in [9.17, 15) is 4.79 Å². The summed E-state index contributed by atoms with van der Waals surface area (Å²) in [6.07, 6.45) is 0. The molecule has 1 N–H and O–H groups in total. The molecule has 0 aliphatic heterocycles. The lowest BCUT2D eigenvalue weighted by molar-refractivity contribution is 0.256. The zero-order valence-electron chi connectivity index (χ0n) is 14.6. The Hall–Kier alpha value is -2.69. The Morgan fingerprint density at radius 1 is 1.04 bits per heavy atom. The van der Waals surface area contributed by atoms with Crippen LogP contribution in [0.25, 0.3) is 0 Å². The number of hydrogen-bond donors (Lipinski definition) is 1. The Morgan fingerprint density at radius 2 is 1.71 bits per heavy atom. The molecule has 0 saturated heterocycles. The molecule has 0 heterocycles. The number of ether oxygens (including phenoxy) is 2. The van der Waals surface area contributed by atoms with Crippen molar-refractivity contribution in [2.45, 2.75) is 13.8 Å². The summed E-state index contributed by atoms with van der Waals surface area (Å²) in [5, 5.41) is 2.93. The topological polar surface area (TPSA) is 50.8 Å². The predicted octanol–water partition coefficient (Wildman–Crippen LogP) is 4.40. The third-order valence-corrected chi connectivity index (χ3v) is 3.50. The van der Waals surface area contributed by atoms with Crippen LogP contribution in [0, 0.1) is 5.92 Å². The molecule has 0 radical (unpaired) electrons. The van der Waals surface area contributed by atoms with Gasteiger partial charge in [-0.05, 0) is 30.2 Å². The monoisotopic (exact) mass is 328 g/mol. The first-order valence-corrected chi connectivity index (χ1v) is 7.90. The fourth-order valence-electron chi connectivity index (χ4n) is 2.38. The number of urea groups is 1. The van der Waals surface area contributed by atoms with E-state index < -0.39 is 0 Å². The summed E-state index contributed by atoms with van der Waals surface area (Å²) in [5.41, 5.74) is 1.52. The molecule has 0 saturated carbocycles. The molecule has 2 aromatic rings. The van der Waals surface area contributed by atoms with Gasteiger partial charge in [0, 0.05) is 24.0 Å². The van der Waals surface area contributed by atoms with Gasteiger partial charge in [0.25, 0.3) is 0 Å². The average molecular weight is 328 g/mol. The van der Waals surface area contributed by atoms with E-state index in [0.29, 0.717) is 24.0 Å². The summed E-state index contributed by atoms with van der Waals surface area (Å²) < 4.78 is 10.6. The minimum Gasteiger partial charge on any atom is -0.493 e. The first-order valence-electron chi connectivity index (χ1n) is 7.90. The number of nitrogens with one attached hydrogen (secondary N) is 1. The van der Waals surface area contributed by atoms with Crippen molar-refractivity contribution in [3.8, 4) is 11.5 Å². The smallest absolute Gasteiger partial charge is 0.326 e. The molecule has 0 aromatic heterocycles. The number of anilines is 2. The van der Waals surface area contributed by atoms with Crippen molar-refractivity contribution >= 4 is 17.4 Å². The van der Waals surface area contributed by atoms with Crippen LogP contribution in [-0.4, -0.2) is 26.8 Å². The summed E-state index contributed by atoms with van der Waals surface area (Å²) in [5.74, 6) is 1.55. The van der Waals surface area contributed by atoms with E-state index in [1.807, 2.05) is 42.5 Å². The molecule has 0 bridgehead atoms. The molecule has 5 nitrogen and oxygen atoms in total. The third-order valence-electron chi connectivity index (χ3n) is 3.50. The van der Waals surface area contributed by atoms with Crippen molar-refractivity contribution in [3.05, 3.63) is 48.5 Å². The lowest BCUT2D eigenvalue weighted by Crippen LogP contribution is -2.37. The number of nitrogens with zero attached hydrogens (tertiary/aromatic N) is 1. The number of benzene rings is 2. The van der Waals surface area contributed by atoms with E-state index >= 15 is 0 Å². The SMILES string of the molecule is COc1ccc(N(CC(C)C)C(=O)Nc2ccccc2)cc1OC. The first kappa shape index (κ1) is 17.7. The Kier molecular flexibility index (Phi) is 6.07. The Labute approximate surface area is 143 Å². The van der Waals surface area contributed by atoms with Crippen LogP contribution in [0.5, 0.6) is 11.5 Å². The highest BCUT2D eigenvalue weighted by molar-refractivity contribution is 6.01. The molecule has 128 valence electrons. The van der Waals surface area contributed by atoms with Crippen molar-refractivity contribution in [3.63, 3.8) is 0 Å². The zero-order chi connectivity index (χ0) is 17.5. The van der Waals surface area contributed by atoms with Gasteiger partial charge in [-0.25, -0.2) is 4.79 Å². The quantitative estimate of drug-likeness (QED) is 0.855. The molecule has 0 aliphatic carbocycles. The highest BCUT2D eigenvalue weighted by Crippen LogP contribution is 2.32. The maximum Gasteiger partial charge on any atom is 0.326 e. The Balaban J connectivity index is 2.29. The molecule has 5 heteroatoms. The van der Waals surface area contributed by atoms with Crippen LogP contribution in [0.4, 0.5) is 16.2 Å². The van der Waals surface area contributed by atoms with E-state index in [2.05, 4.69) is 19.2 Å².